The summed E-state index contributed by atoms with van der Waals surface area (Å²) in [5.41, 5.74) is 0.760. The number of fused-ring (bicyclic) bond motifs is 3. The van der Waals surface area contributed by atoms with Gasteiger partial charge in [-0.05, 0) is 94.1 Å². The molecular formula is C49H61F2N3O6SSi. The van der Waals surface area contributed by atoms with Crippen molar-refractivity contribution in [2.45, 2.75) is 122 Å². The van der Waals surface area contributed by atoms with E-state index in [0.717, 1.165) is 26.2 Å². The van der Waals surface area contributed by atoms with Gasteiger partial charge in [-0.1, -0.05) is 99.6 Å². The second-order valence-corrected chi connectivity index (χ2v) is 25.1. The lowest BCUT2D eigenvalue weighted by Crippen LogP contribution is -2.67. The van der Waals surface area contributed by atoms with Crippen molar-refractivity contribution in [1.29, 1.82) is 0 Å². The van der Waals surface area contributed by atoms with Crippen molar-refractivity contribution < 1.29 is 37.0 Å². The number of likely N-dealkylation sites (tertiary alicyclic amines) is 1. The van der Waals surface area contributed by atoms with Crippen LogP contribution in [-0.2, 0) is 20.3 Å². The number of hydrogen-bond acceptors (Lipinski definition) is 8. The fourth-order valence-electron chi connectivity index (χ4n) is 9.02. The van der Waals surface area contributed by atoms with Gasteiger partial charge in [0.2, 0.25) is 0 Å². The Morgan fingerprint density at radius 2 is 1.35 bits per heavy atom. The highest BCUT2D eigenvalue weighted by Gasteiger charge is 2.53. The molecule has 13 heteroatoms. The summed E-state index contributed by atoms with van der Waals surface area (Å²) >= 11 is 1.37. The highest BCUT2D eigenvalue weighted by molar-refractivity contribution is 7.14. The number of para-hydroxylation sites is 1. The first kappa shape index (κ1) is 45.5. The van der Waals surface area contributed by atoms with Gasteiger partial charge >= 0.3 is 12.2 Å². The molecule has 0 bridgehead atoms. The number of carbonyl (C=O) groups is 2. The Morgan fingerprint density at radius 1 is 0.774 bits per heavy atom. The molecular weight excluding hydrogens is 825 g/mol. The second-order valence-electron chi connectivity index (χ2n) is 19.7. The molecule has 0 spiro atoms. The Bertz CT molecular complexity index is 2330. The third-order valence-corrected chi connectivity index (χ3v) is 17.5. The SMILES string of the molecule is C[C@@H]1Cc2c(n(C(=O)OC(C)(C)C)c3ccccc23)[C@@H](c2ccc(O[C@@H]3CCN(C(=O)OC(C)(C)C)C3)s2)N1CC(F)(F)CO[Si](c1ccccc1)(c1ccccc1)C(C)(C)C. The zero-order chi connectivity index (χ0) is 44.8. The molecule has 7 rings (SSSR count). The zero-order valence-electron chi connectivity index (χ0n) is 37.7. The van der Waals surface area contributed by atoms with Crippen molar-refractivity contribution in [1.82, 2.24) is 14.4 Å². The molecule has 2 aromatic heterocycles. The highest BCUT2D eigenvalue weighted by Crippen LogP contribution is 2.47. The lowest BCUT2D eigenvalue weighted by atomic mass is 9.91. The first-order valence-corrected chi connectivity index (χ1v) is 24.3. The average molecular weight is 886 g/mol. The van der Waals surface area contributed by atoms with Gasteiger partial charge < -0.3 is 23.5 Å². The van der Waals surface area contributed by atoms with E-state index >= 15 is 8.78 Å². The van der Waals surface area contributed by atoms with Gasteiger partial charge in [-0.15, -0.1) is 11.3 Å². The monoisotopic (exact) mass is 885 g/mol. The predicted octanol–water partition coefficient (Wildman–Crippen LogP) is 10.4. The van der Waals surface area contributed by atoms with E-state index in [1.807, 2.05) is 150 Å². The molecule has 1 saturated heterocycles. The zero-order valence-corrected chi connectivity index (χ0v) is 39.5. The van der Waals surface area contributed by atoms with Crippen molar-refractivity contribution in [3.63, 3.8) is 0 Å². The van der Waals surface area contributed by atoms with Crippen molar-refractivity contribution in [3.8, 4) is 5.06 Å². The van der Waals surface area contributed by atoms with E-state index in [0.29, 0.717) is 42.2 Å². The van der Waals surface area contributed by atoms with E-state index in [-0.39, 0.29) is 18.2 Å². The Labute approximate surface area is 370 Å². The summed E-state index contributed by atoms with van der Waals surface area (Å²) < 4.78 is 61.1. The van der Waals surface area contributed by atoms with Crippen LogP contribution in [0.3, 0.4) is 0 Å². The number of ether oxygens (including phenoxy) is 3. The van der Waals surface area contributed by atoms with Gasteiger partial charge in [-0.3, -0.25) is 4.90 Å². The van der Waals surface area contributed by atoms with Crippen LogP contribution in [0.4, 0.5) is 18.4 Å². The molecule has 2 aliphatic rings. The summed E-state index contributed by atoms with van der Waals surface area (Å²) in [6.07, 6.45) is -0.178. The first-order chi connectivity index (χ1) is 29.1. The molecule has 332 valence electrons. The largest absolute Gasteiger partial charge is 0.479 e. The van der Waals surface area contributed by atoms with Crippen LogP contribution in [0.1, 0.15) is 97.8 Å². The Hall–Kier alpha value is -4.56. The quantitative estimate of drug-likeness (QED) is 0.129. The van der Waals surface area contributed by atoms with Crippen LogP contribution in [0, 0.1) is 0 Å². The van der Waals surface area contributed by atoms with Crippen LogP contribution in [-0.4, -0.2) is 90.4 Å². The Kier molecular flexibility index (Phi) is 12.6. The molecule has 4 heterocycles. The minimum Gasteiger partial charge on any atom is -0.479 e. The van der Waals surface area contributed by atoms with Gasteiger partial charge in [0.25, 0.3) is 14.2 Å². The minimum absolute atomic E-state index is 0.276. The Balaban J connectivity index is 1.27. The molecule has 5 aromatic rings. The smallest absolute Gasteiger partial charge is 0.419 e. The third-order valence-electron chi connectivity index (χ3n) is 11.5. The maximum atomic E-state index is 17.3. The first-order valence-electron chi connectivity index (χ1n) is 21.6. The number of aromatic nitrogens is 1. The summed E-state index contributed by atoms with van der Waals surface area (Å²) in [7, 11) is -3.30. The molecule has 0 N–H and O–H groups in total. The van der Waals surface area contributed by atoms with Gasteiger partial charge in [-0.25, -0.2) is 22.9 Å². The molecule has 0 unspecified atom stereocenters. The van der Waals surface area contributed by atoms with E-state index in [2.05, 4.69) is 20.8 Å². The van der Waals surface area contributed by atoms with E-state index in [9.17, 15) is 9.59 Å². The number of thiophene rings is 1. The fraction of sp³-hybridized carbons (Fsp3) is 0.469. The normalized spacial score (nSPS) is 19.1. The molecule has 9 nitrogen and oxygen atoms in total. The molecule has 2 aliphatic heterocycles. The lowest BCUT2D eigenvalue weighted by molar-refractivity contribution is -0.0820. The molecule has 3 aromatic carbocycles. The van der Waals surface area contributed by atoms with Gasteiger partial charge in [0.1, 0.15) is 17.3 Å². The van der Waals surface area contributed by atoms with Gasteiger partial charge in [-0.2, -0.15) is 0 Å². The summed E-state index contributed by atoms with van der Waals surface area (Å²) in [5, 5.41) is 2.83. The van der Waals surface area contributed by atoms with E-state index < -0.39 is 55.8 Å². The number of rotatable bonds is 10. The van der Waals surface area contributed by atoms with E-state index in [1.54, 1.807) is 9.47 Å². The molecule has 62 heavy (non-hydrogen) atoms. The summed E-state index contributed by atoms with van der Waals surface area (Å²) in [4.78, 5) is 31.4. The molecule has 0 saturated carbocycles. The molecule has 0 aliphatic carbocycles. The molecule has 0 radical (unpaired) electrons. The number of hydrogen-bond donors (Lipinski definition) is 0. The summed E-state index contributed by atoms with van der Waals surface area (Å²) in [6.45, 7) is 18.6. The Morgan fingerprint density at radius 3 is 1.95 bits per heavy atom. The van der Waals surface area contributed by atoms with Crippen molar-refractivity contribution >= 4 is 53.1 Å². The van der Waals surface area contributed by atoms with Gasteiger partial charge in [0, 0.05) is 29.3 Å². The van der Waals surface area contributed by atoms with Crippen molar-refractivity contribution in [2.75, 3.05) is 26.2 Å². The number of amides is 1. The standard InChI is InChI=1S/C49H61F2N3O6SSi/c1-33-29-38-37-23-17-18-24-39(37)54(45(56)60-47(5,6)7)42(38)43(40-25-26-41(61-40)58-34-27-28-52(30-34)44(55)59-46(2,3)4)53(33)31-49(50,51)32-57-62(48(8,9)10,35-19-13-11-14-20-35)36-21-15-12-16-22-36/h11-26,33-34,43H,27-32H2,1-10H3/t33-,34-,43-/m1/s1. The minimum atomic E-state index is -3.31. The van der Waals surface area contributed by atoms with E-state index in [1.165, 1.54) is 11.3 Å². The number of alkyl halides is 2. The van der Waals surface area contributed by atoms with Crippen LogP contribution in [0.15, 0.2) is 97.1 Å². The number of halogens is 2. The molecule has 1 amide bonds. The van der Waals surface area contributed by atoms with E-state index in [4.69, 9.17) is 18.6 Å². The number of carbonyl (C=O) groups excluding carboxylic acids is 2. The van der Waals surface area contributed by atoms with Crippen LogP contribution < -0.4 is 15.1 Å². The maximum Gasteiger partial charge on any atom is 0.419 e. The average Bonchev–Trinajstić information content (AvgIpc) is 3.93. The van der Waals surface area contributed by atoms with Crippen molar-refractivity contribution in [2.24, 2.45) is 0 Å². The van der Waals surface area contributed by atoms with Crippen molar-refractivity contribution in [3.05, 3.63) is 113 Å². The molecule has 3 atom stereocenters. The summed E-state index contributed by atoms with van der Waals surface area (Å²) in [6, 6.07) is 30.0. The third kappa shape index (κ3) is 9.51. The predicted molar refractivity (Wildman–Crippen MR) is 245 cm³/mol. The lowest BCUT2D eigenvalue weighted by Gasteiger charge is -2.45. The topological polar surface area (TPSA) is 82.5 Å². The fourth-order valence-corrected chi connectivity index (χ4v) is 14.6. The van der Waals surface area contributed by atoms with Crippen LogP contribution in [0.25, 0.3) is 10.9 Å². The van der Waals surface area contributed by atoms with Crippen LogP contribution in [0.5, 0.6) is 5.06 Å². The van der Waals surface area contributed by atoms with Gasteiger partial charge in [0.15, 0.2) is 5.06 Å². The number of benzene rings is 3. The second kappa shape index (κ2) is 17.2. The molecule has 1 fully saturated rings. The van der Waals surface area contributed by atoms with Gasteiger partial charge in [0.05, 0.1) is 36.9 Å². The summed E-state index contributed by atoms with van der Waals surface area (Å²) in [5.74, 6) is -3.31. The van der Waals surface area contributed by atoms with Crippen LogP contribution in [0.2, 0.25) is 5.04 Å². The number of nitrogens with zero attached hydrogens (tertiary/aromatic N) is 3. The maximum absolute atomic E-state index is 17.3. The highest BCUT2D eigenvalue weighted by atomic mass is 32.1. The van der Waals surface area contributed by atoms with Crippen LogP contribution >= 0.6 is 11.3 Å².